The highest BCUT2D eigenvalue weighted by molar-refractivity contribution is 6.04. The molecule has 36 heavy (non-hydrogen) atoms. The topological polar surface area (TPSA) is 73.9 Å². The lowest BCUT2D eigenvalue weighted by molar-refractivity contribution is -0.139. The minimum Gasteiger partial charge on any atom is -0.493 e. The molecule has 0 unspecified atom stereocenters. The molecule has 0 fully saturated rings. The van der Waals surface area contributed by atoms with E-state index in [9.17, 15) is 9.59 Å². The average Bonchev–Trinajstić information content (AvgIpc) is 2.87. The van der Waals surface area contributed by atoms with E-state index in [4.69, 9.17) is 14.2 Å². The number of carbonyl (C=O) groups excluding carboxylic acids is 2. The predicted octanol–water partition coefficient (Wildman–Crippen LogP) is 5.72. The van der Waals surface area contributed by atoms with E-state index in [1.165, 1.54) is 0 Å². The first-order valence-electron chi connectivity index (χ1n) is 12.6. The molecule has 1 aliphatic heterocycles. The van der Waals surface area contributed by atoms with E-state index in [1.807, 2.05) is 50.2 Å². The van der Waals surface area contributed by atoms with Crippen molar-refractivity contribution in [1.82, 2.24) is 5.32 Å². The van der Waals surface area contributed by atoms with E-state index in [2.05, 4.69) is 18.3 Å². The van der Waals surface area contributed by atoms with E-state index in [1.54, 1.807) is 14.2 Å². The zero-order chi connectivity index (χ0) is 25.8. The number of hydrogen-bond donors (Lipinski definition) is 1. The van der Waals surface area contributed by atoms with Crippen LogP contribution < -0.4 is 14.8 Å². The molecule has 2 aromatic carbocycles. The number of ketones is 1. The van der Waals surface area contributed by atoms with E-state index >= 15 is 0 Å². The summed E-state index contributed by atoms with van der Waals surface area (Å²) in [6.07, 6.45) is 2.76. The first-order chi connectivity index (χ1) is 17.4. The number of benzene rings is 2. The van der Waals surface area contributed by atoms with Crippen LogP contribution in [-0.4, -0.2) is 32.6 Å². The molecule has 6 nitrogen and oxygen atoms in total. The predicted molar refractivity (Wildman–Crippen MR) is 139 cm³/mol. The van der Waals surface area contributed by atoms with Crippen LogP contribution in [0.4, 0.5) is 0 Å². The Morgan fingerprint density at radius 3 is 2.47 bits per heavy atom. The van der Waals surface area contributed by atoms with Crippen LogP contribution in [0.5, 0.6) is 11.5 Å². The fourth-order valence-electron chi connectivity index (χ4n) is 5.22. The van der Waals surface area contributed by atoms with Gasteiger partial charge in [-0.3, -0.25) is 4.79 Å². The minimum absolute atomic E-state index is 0.00688. The van der Waals surface area contributed by atoms with Crippen LogP contribution >= 0.6 is 0 Å². The van der Waals surface area contributed by atoms with Crippen LogP contribution in [0.25, 0.3) is 0 Å². The van der Waals surface area contributed by atoms with Gasteiger partial charge in [0.2, 0.25) is 0 Å². The Balaban J connectivity index is 1.74. The molecule has 6 heteroatoms. The first kappa shape index (κ1) is 25.5. The number of dihydropyridines is 1. The van der Waals surface area contributed by atoms with Crippen molar-refractivity contribution in [2.24, 2.45) is 0 Å². The van der Waals surface area contributed by atoms with Crippen LogP contribution in [0.15, 0.2) is 65.0 Å². The highest BCUT2D eigenvalue weighted by Crippen LogP contribution is 2.46. The third-order valence-corrected chi connectivity index (χ3v) is 7.03. The van der Waals surface area contributed by atoms with Gasteiger partial charge in [-0.15, -0.1) is 0 Å². The van der Waals surface area contributed by atoms with Crippen molar-refractivity contribution in [2.45, 2.75) is 58.3 Å². The number of methoxy groups -OCH3 is 2. The van der Waals surface area contributed by atoms with Crippen molar-refractivity contribution in [3.05, 3.63) is 81.7 Å². The maximum atomic E-state index is 13.8. The molecule has 2 aromatic rings. The SMILES string of the molecule is CCCCOC(=O)C1=C(C)NC2=C(C(=O)C[C@@H](c3ccc(OC)c(OC)c3)C2)[C@@H]1c1cccc(C)c1. The average molecular weight is 490 g/mol. The van der Waals surface area contributed by atoms with E-state index in [0.29, 0.717) is 42.1 Å². The zero-order valence-corrected chi connectivity index (χ0v) is 21.8. The van der Waals surface area contributed by atoms with Gasteiger partial charge >= 0.3 is 5.97 Å². The molecule has 4 rings (SSSR count). The molecule has 2 aliphatic rings. The van der Waals surface area contributed by atoms with Gasteiger partial charge in [-0.05, 0) is 55.9 Å². The number of allylic oxidation sites excluding steroid dienone is 3. The molecule has 0 amide bonds. The Morgan fingerprint density at radius 2 is 1.78 bits per heavy atom. The summed E-state index contributed by atoms with van der Waals surface area (Å²) in [7, 11) is 3.22. The summed E-state index contributed by atoms with van der Waals surface area (Å²) in [5.74, 6) is 0.526. The fourth-order valence-corrected chi connectivity index (χ4v) is 5.22. The van der Waals surface area contributed by atoms with Crippen molar-refractivity contribution in [3.63, 3.8) is 0 Å². The molecular weight excluding hydrogens is 454 g/mol. The molecular formula is C30H35NO5. The van der Waals surface area contributed by atoms with Crippen LogP contribution in [-0.2, 0) is 14.3 Å². The number of hydrogen-bond acceptors (Lipinski definition) is 6. The Hall–Kier alpha value is -3.54. The van der Waals surface area contributed by atoms with Gasteiger partial charge in [0.15, 0.2) is 17.3 Å². The maximum Gasteiger partial charge on any atom is 0.336 e. The van der Waals surface area contributed by atoms with Gasteiger partial charge in [0.1, 0.15) is 0 Å². The molecule has 0 spiro atoms. The highest BCUT2D eigenvalue weighted by Gasteiger charge is 2.41. The molecule has 0 saturated carbocycles. The first-order valence-corrected chi connectivity index (χ1v) is 12.6. The van der Waals surface area contributed by atoms with Crippen molar-refractivity contribution in [2.75, 3.05) is 20.8 Å². The molecule has 190 valence electrons. The van der Waals surface area contributed by atoms with Crippen molar-refractivity contribution < 1.29 is 23.8 Å². The summed E-state index contributed by atoms with van der Waals surface area (Å²) in [6, 6.07) is 13.9. The largest absolute Gasteiger partial charge is 0.493 e. The van der Waals surface area contributed by atoms with Crippen LogP contribution in [0, 0.1) is 6.92 Å². The number of rotatable bonds is 8. The van der Waals surface area contributed by atoms with Gasteiger partial charge in [0.05, 0.1) is 26.4 Å². The second kappa shape index (κ2) is 11.0. The molecule has 0 radical (unpaired) electrons. The molecule has 2 atom stereocenters. The van der Waals surface area contributed by atoms with Gasteiger partial charge < -0.3 is 19.5 Å². The van der Waals surface area contributed by atoms with Crippen molar-refractivity contribution in [1.29, 1.82) is 0 Å². The number of ether oxygens (including phenoxy) is 3. The summed E-state index contributed by atoms with van der Waals surface area (Å²) in [4.78, 5) is 27.0. The highest BCUT2D eigenvalue weighted by atomic mass is 16.5. The smallest absolute Gasteiger partial charge is 0.336 e. The van der Waals surface area contributed by atoms with Crippen LogP contribution in [0.3, 0.4) is 0 Å². The van der Waals surface area contributed by atoms with Gasteiger partial charge in [-0.1, -0.05) is 49.2 Å². The van der Waals surface area contributed by atoms with Crippen molar-refractivity contribution >= 4 is 11.8 Å². The Bertz CT molecular complexity index is 1230. The lowest BCUT2D eigenvalue weighted by atomic mass is 9.71. The lowest BCUT2D eigenvalue weighted by Crippen LogP contribution is -2.36. The molecule has 1 N–H and O–H groups in total. The summed E-state index contributed by atoms with van der Waals surface area (Å²) in [5.41, 5.74) is 5.84. The van der Waals surface area contributed by atoms with Crippen LogP contribution in [0.2, 0.25) is 0 Å². The van der Waals surface area contributed by atoms with Gasteiger partial charge in [0, 0.05) is 29.3 Å². The summed E-state index contributed by atoms with van der Waals surface area (Å²) in [6.45, 7) is 6.34. The maximum absolute atomic E-state index is 13.8. The third-order valence-electron chi connectivity index (χ3n) is 7.03. The zero-order valence-electron chi connectivity index (χ0n) is 21.8. The Kier molecular flexibility index (Phi) is 7.82. The summed E-state index contributed by atoms with van der Waals surface area (Å²) in [5, 5.41) is 3.42. The standard InChI is InChI=1S/C30H35NO5/c1-6-7-13-36-30(33)27-19(3)31-23-15-22(20-11-12-25(34-4)26(17-20)35-5)16-24(32)29(23)28(27)21-10-8-9-18(2)14-21/h8-12,14,17,22,28,31H,6-7,13,15-16H2,1-5H3/t22-,28+/m0/s1. The minimum atomic E-state index is -0.450. The molecule has 0 saturated heterocycles. The number of esters is 1. The third kappa shape index (κ3) is 5.03. The molecule has 0 bridgehead atoms. The fraction of sp³-hybridized carbons (Fsp3) is 0.400. The molecule has 1 heterocycles. The second-order valence-electron chi connectivity index (χ2n) is 9.54. The van der Waals surface area contributed by atoms with E-state index < -0.39 is 5.92 Å². The summed E-state index contributed by atoms with van der Waals surface area (Å²) < 4.78 is 16.5. The number of Topliss-reactive ketones (excluding diaryl/α,β-unsaturated/α-hetero) is 1. The Morgan fingerprint density at radius 1 is 1.00 bits per heavy atom. The van der Waals surface area contributed by atoms with Crippen molar-refractivity contribution in [3.8, 4) is 11.5 Å². The number of aryl methyl sites for hydroxylation is 1. The monoisotopic (exact) mass is 489 g/mol. The summed E-state index contributed by atoms with van der Waals surface area (Å²) >= 11 is 0. The van der Waals surface area contributed by atoms with E-state index in [0.717, 1.165) is 40.9 Å². The Labute approximate surface area is 213 Å². The molecule has 0 aromatic heterocycles. The second-order valence-corrected chi connectivity index (χ2v) is 9.54. The lowest BCUT2D eigenvalue weighted by Gasteiger charge is -2.37. The van der Waals surface area contributed by atoms with Gasteiger partial charge in [0.25, 0.3) is 0 Å². The number of unbranched alkanes of at least 4 members (excludes halogenated alkanes) is 1. The van der Waals surface area contributed by atoms with Crippen LogP contribution in [0.1, 0.15) is 68.1 Å². The normalized spacial score (nSPS) is 19.5. The quantitative estimate of drug-likeness (QED) is 0.378. The molecule has 1 aliphatic carbocycles. The van der Waals surface area contributed by atoms with Gasteiger partial charge in [-0.25, -0.2) is 4.79 Å². The number of carbonyl (C=O) groups is 2. The van der Waals surface area contributed by atoms with Gasteiger partial charge in [-0.2, -0.15) is 0 Å². The number of nitrogens with one attached hydrogen (secondary N) is 1. The van der Waals surface area contributed by atoms with E-state index in [-0.39, 0.29) is 17.7 Å².